The Bertz CT molecular complexity index is 566. The van der Waals surface area contributed by atoms with Crippen LogP contribution >= 0.6 is 34.7 Å². The molecule has 1 aromatic carbocycles. The number of benzene rings is 1. The molecule has 0 saturated heterocycles. The Balaban J connectivity index is 1.88. The second kappa shape index (κ2) is 5.13. The van der Waals surface area contributed by atoms with Gasteiger partial charge in [0.1, 0.15) is 5.69 Å². The summed E-state index contributed by atoms with van der Waals surface area (Å²) in [5, 5.41) is 8.88. The van der Waals surface area contributed by atoms with Gasteiger partial charge in [-0.3, -0.25) is 0 Å². The zero-order chi connectivity index (χ0) is 12.5. The van der Waals surface area contributed by atoms with Crippen molar-refractivity contribution in [2.45, 2.75) is 25.4 Å². The van der Waals surface area contributed by atoms with Gasteiger partial charge >= 0.3 is 0 Å². The predicted molar refractivity (Wildman–Crippen MR) is 75.2 cm³/mol. The van der Waals surface area contributed by atoms with Crippen molar-refractivity contribution in [3.63, 3.8) is 0 Å². The van der Waals surface area contributed by atoms with Crippen LogP contribution in [0.2, 0.25) is 10.0 Å². The number of nitrogens with one attached hydrogen (secondary N) is 1. The van der Waals surface area contributed by atoms with E-state index in [-0.39, 0.29) is 0 Å². The maximum atomic E-state index is 6.20. The molecular weight excluding hydrogens is 289 g/mol. The highest BCUT2D eigenvalue weighted by atomic mass is 35.5. The molecule has 1 saturated carbocycles. The number of aromatic nitrogens is 2. The average Bonchev–Trinajstić information content (AvgIpc) is 3.06. The standard InChI is InChI=1S/C12H11Cl2N3S/c13-7-1-4-9(10(14)5-7)12-11(18-17-16-12)6-15-8-2-3-8/h1,4-5,8,15H,2-3,6H2. The molecule has 1 aliphatic carbocycles. The first-order valence-corrected chi connectivity index (χ1v) is 7.27. The van der Waals surface area contributed by atoms with Crippen LogP contribution in [-0.2, 0) is 6.54 Å². The van der Waals surface area contributed by atoms with Gasteiger partial charge in [-0.25, -0.2) is 0 Å². The van der Waals surface area contributed by atoms with E-state index in [0.717, 1.165) is 22.7 Å². The molecule has 0 spiro atoms. The minimum atomic E-state index is 0.614. The van der Waals surface area contributed by atoms with E-state index < -0.39 is 0 Å². The number of halogens is 2. The summed E-state index contributed by atoms with van der Waals surface area (Å²) in [5.41, 5.74) is 1.75. The van der Waals surface area contributed by atoms with E-state index in [1.807, 2.05) is 12.1 Å². The zero-order valence-corrected chi connectivity index (χ0v) is 11.8. The van der Waals surface area contributed by atoms with Crippen molar-refractivity contribution in [1.29, 1.82) is 0 Å². The van der Waals surface area contributed by atoms with Crippen LogP contribution in [0.1, 0.15) is 17.7 Å². The molecule has 0 unspecified atom stereocenters. The highest BCUT2D eigenvalue weighted by Gasteiger charge is 2.22. The van der Waals surface area contributed by atoms with E-state index in [1.165, 1.54) is 24.4 Å². The molecule has 0 atom stereocenters. The fraction of sp³-hybridized carbons (Fsp3) is 0.333. The quantitative estimate of drug-likeness (QED) is 0.934. The molecule has 3 nitrogen and oxygen atoms in total. The molecule has 0 radical (unpaired) electrons. The van der Waals surface area contributed by atoms with E-state index in [1.54, 1.807) is 6.07 Å². The summed E-state index contributed by atoms with van der Waals surface area (Å²) >= 11 is 13.5. The third kappa shape index (κ3) is 2.67. The molecule has 18 heavy (non-hydrogen) atoms. The van der Waals surface area contributed by atoms with Gasteiger partial charge in [-0.2, -0.15) is 0 Å². The molecule has 0 aliphatic heterocycles. The van der Waals surface area contributed by atoms with E-state index >= 15 is 0 Å². The molecule has 0 amide bonds. The molecule has 94 valence electrons. The predicted octanol–water partition coefficient (Wildman–Crippen LogP) is 3.76. The minimum absolute atomic E-state index is 0.614. The molecule has 3 rings (SSSR count). The van der Waals surface area contributed by atoms with Crippen LogP contribution in [0.15, 0.2) is 18.2 Å². The number of hydrogen-bond acceptors (Lipinski definition) is 4. The highest BCUT2D eigenvalue weighted by Crippen LogP contribution is 2.32. The van der Waals surface area contributed by atoms with Crippen molar-refractivity contribution in [3.8, 4) is 11.3 Å². The van der Waals surface area contributed by atoms with Crippen LogP contribution in [0.5, 0.6) is 0 Å². The highest BCUT2D eigenvalue weighted by molar-refractivity contribution is 7.06. The van der Waals surface area contributed by atoms with Gasteiger partial charge in [0, 0.05) is 23.2 Å². The Morgan fingerprint density at radius 1 is 1.33 bits per heavy atom. The Labute approximate surface area is 119 Å². The lowest BCUT2D eigenvalue weighted by atomic mass is 10.1. The minimum Gasteiger partial charge on any atom is -0.309 e. The molecule has 1 N–H and O–H groups in total. The second-order valence-electron chi connectivity index (χ2n) is 4.32. The summed E-state index contributed by atoms with van der Waals surface area (Å²) < 4.78 is 4.02. The van der Waals surface area contributed by atoms with E-state index in [4.69, 9.17) is 23.2 Å². The molecule has 1 aliphatic rings. The van der Waals surface area contributed by atoms with Gasteiger partial charge in [-0.05, 0) is 42.6 Å². The van der Waals surface area contributed by atoms with Crippen molar-refractivity contribution in [2.24, 2.45) is 0 Å². The van der Waals surface area contributed by atoms with Crippen LogP contribution in [-0.4, -0.2) is 15.6 Å². The van der Waals surface area contributed by atoms with E-state index in [9.17, 15) is 0 Å². The molecule has 2 aromatic rings. The van der Waals surface area contributed by atoms with Crippen LogP contribution in [0.25, 0.3) is 11.3 Å². The number of nitrogens with zero attached hydrogens (tertiary/aromatic N) is 2. The van der Waals surface area contributed by atoms with E-state index in [0.29, 0.717) is 16.1 Å². The van der Waals surface area contributed by atoms with Gasteiger partial charge < -0.3 is 5.32 Å². The lowest BCUT2D eigenvalue weighted by molar-refractivity contribution is 0.695. The second-order valence-corrected chi connectivity index (χ2v) is 6.01. The molecule has 0 bridgehead atoms. The summed E-state index contributed by atoms with van der Waals surface area (Å²) in [6.45, 7) is 0.802. The third-order valence-corrected chi connectivity index (χ3v) is 4.14. The number of hydrogen-bond donors (Lipinski definition) is 1. The van der Waals surface area contributed by atoms with Crippen molar-refractivity contribution in [2.75, 3.05) is 0 Å². The lowest BCUT2D eigenvalue weighted by Gasteiger charge is -2.05. The first-order valence-electron chi connectivity index (χ1n) is 5.74. The first-order chi connectivity index (χ1) is 8.74. The third-order valence-electron chi connectivity index (χ3n) is 2.87. The summed E-state index contributed by atoms with van der Waals surface area (Å²) in [4.78, 5) is 1.12. The normalized spacial score (nSPS) is 15.0. The monoisotopic (exact) mass is 299 g/mol. The van der Waals surface area contributed by atoms with Gasteiger partial charge in [-0.1, -0.05) is 27.7 Å². The van der Waals surface area contributed by atoms with Crippen molar-refractivity contribution >= 4 is 34.7 Å². The zero-order valence-electron chi connectivity index (χ0n) is 9.49. The van der Waals surface area contributed by atoms with Crippen molar-refractivity contribution in [1.82, 2.24) is 14.9 Å². The van der Waals surface area contributed by atoms with Crippen LogP contribution < -0.4 is 5.32 Å². The van der Waals surface area contributed by atoms with Gasteiger partial charge in [0.15, 0.2) is 0 Å². The molecule has 1 fully saturated rings. The van der Waals surface area contributed by atoms with Crippen LogP contribution in [0.3, 0.4) is 0 Å². The van der Waals surface area contributed by atoms with Gasteiger partial charge in [0.2, 0.25) is 0 Å². The van der Waals surface area contributed by atoms with Crippen molar-refractivity contribution < 1.29 is 0 Å². The number of rotatable bonds is 4. The topological polar surface area (TPSA) is 37.8 Å². The van der Waals surface area contributed by atoms with Crippen LogP contribution in [0.4, 0.5) is 0 Å². The van der Waals surface area contributed by atoms with Gasteiger partial charge in [0.25, 0.3) is 0 Å². The SMILES string of the molecule is Clc1ccc(-c2nnsc2CNC2CC2)c(Cl)c1. The summed E-state index contributed by atoms with van der Waals surface area (Å²) in [7, 11) is 0. The molecule has 1 aromatic heterocycles. The molecule has 6 heteroatoms. The molecule has 1 heterocycles. The largest absolute Gasteiger partial charge is 0.309 e. The summed E-state index contributed by atoms with van der Waals surface area (Å²) in [6.07, 6.45) is 2.53. The van der Waals surface area contributed by atoms with Crippen LogP contribution in [0, 0.1) is 0 Å². The molecular formula is C12H11Cl2N3S. The van der Waals surface area contributed by atoms with E-state index in [2.05, 4.69) is 14.9 Å². The lowest BCUT2D eigenvalue weighted by Crippen LogP contribution is -2.14. The summed E-state index contributed by atoms with van der Waals surface area (Å²) in [6, 6.07) is 6.11. The smallest absolute Gasteiger partial charge is 0.111 e. The Kier molecular flexibility index (Phi) is 3.52. The maximum Gasteiger partial charge on any atom is 0.111 e. The fourth-order valence-corrected chi connectivity index (χ4v) is 2.84. The first kappa shape index (κ1) is 12.4. The van der Waals surface area contributed by atoms with Gasteiger partial charge in [0.05, 0.1) is 9.90 Å². The maximum absolute atomic E-state index is 6.20. The fourth-order valence-electron chi connectivity index (χ4n) is 1.74. The van der Waals surface area contributed by atoms with Gasteiger partial charge in [-0.15, -0.1) is 5.10 Å². The Hall–Kier alpha value is -0.680. The average molecular weight is 300 g/mol. The Morgan fingerprint density at radius 3 is 2.89 bits per heavy atom. The summed E-state index contributed by atoms with van der Waals surface area (Å²) in [5.74, 6) is 0. The van der Waals surface area contributed by atoms with Crippen molar-refractivity contribution in [3.05, 3.63) is 33.1 Å². The Morgan fingerprint density at radius 2 is 2.17 bits per heavy atom.